The predicted molar refractivity (Wildman–Crippen MR) is 99.4 cm³/mol. The number of carbonyl (C=O) groups is 1. The average molecular weight is 376 g/mol. The summed E-state index contributed by atoms with van der Waals surface area (Å²) in [6.07, 6.45) is 4.07. The number of unbranched alkanes of at least 4 members (excludes halogenated alkanes) is 1. The second-order valence-electron chi connectivity index (χ2n) is 6.91. The van der Waals surface area contributed by atoms with Crippen LogP contribution in [0.25, 0.3) is 11.1 Å². The Balaban J connectivity index is 1.63. The first-order chi connectivity index (χ1) is 13.0. The second kappa shape index (κ2) is 8.34. The Labute approximate surface area is 156 Å². The smallest absolute Gasteiger partial charge is 0.408 e. The maximum absolute atomic E-state index is 12.1. The number of rotatable bonds is 7. The summed E-state index contributed by atoms with van der Waals surface area (Å²) in [6.45, 7) is 3.82. The van der Waals surface area contributed by atoms with Crippen LogP contribution in [0.4, 0.5) is 5.69 Å². The molecule has 1 N–H and O–H groups in total. The van der Waals surface area contributed by atoms with Crippen LogP contribution in [0.2, 0.25) is 0 Å². The Morgan fingerprint density at radius 2 is 2.11 bits per heavy atom. The predicted octanol–water partition coefficient (Wildman–Crippen LogP) is 2.23. The fraction of sp³-hybridized carbons (Fsp3) is 0.556. The summed E-state index contributed by atoms with van der Waals surface area (Å²) >= 11 is 0. The van der Waals surface area contributed by atoms with Crippen LogP contribution in [-0.4, -0.2) is 39.4 Å². The topological polar surface area (TPSA) is 111 Å². The molecule has 9 nitrogen and oxygen atoms in total. The third-order valence-corrected chi connectivity index (χ3v) is 4.91. The van der Waals surface area contributed by atoms with Gasteiger partial charge in [0, 0.05) is 37.7 Å². The molecule has 1 fully saturated rings. The van der Waals surface area contributed by atoms with Crippen molar-refractivity contribution in [2.24, 2.45) is 0 Å². The van der Waals surface area contributed by atoms with Crippen molar-refractivity contribution in [2.45, 2.75) is 51.7 Å². The largest absolute Gasteiger partial charge is 0.421 e. The lowest BCUT2D eigenvalue weighted by molar-refractivity contribution is -0.384. The molecule has 0 bridgehead atoms. The van der Waals surface area contributed by atoms with Gasteiger partial charge in [0.05, 0.1) is 17.1 Å². The number of nitro benzene ring substituents is 1. The van der Waals surface area contributed by atoms with Crippen LogP contribution in [-0.2, 0) is 11.5 Å². The van der Waals surface area contributed by atoms with E-state index in [4.69, 9.17) is 4.42 Å². The van der Waals surface area contributed by atoms with E-state index in [0.29, 0.717) is 24.2 Å². The molecule has 0 aliphatic carbocycles. The number of hydrogen-bond acceptors (Lipinski definition) is 6. The van der Waals surface area contributed by atoms with E-state index in [1.807, 2.05) is 0 Å². The number of piperidine rings is 1. The average Bonchev–Trinajstić information content (AvgIpc) is 2.96. The van der Waals surface area contributed by atoms with Gasteiger partial charge < -0.3 is 9.73 Å². The van der Waals surface area contributed by atoms with Crippen LogP contribution in [0.1, 0.15) is 39.0 Å². The first kappa shape index (κ1) is 19.1. The van der Waals surface area contributed by atoms with E-state index in [1.54, 1.807) is 0 Å². The zero-order chi connectivity index (χ0) is 19.4. The highest BCUT2D eigenvalue weighted by molar-refractivity contribution is 5.76. The Morgan fingerprint density at radius 3 is 2.78 bits per heavy atom. The molecule has 2 aromatic rings. The molecule has 1 amide bonds. The highest BCUT2D eigenvalue weighted by atomic mass is 16.6. The van der Waals surface area contributed by atoms with Crippen molar-refractivity contribution in [1.29, 1.82) is 0 Å². The molecular weight excluding hydrogens is 352 g/mol. The molecule has 0 radical (unpaired) electrons. The molecule has 146 valence electrons. The highest BCUT2D eigenvalue weighted by Crippen LogP contribution is 2.21. The zero-order valence-electron chi connectivity index (χ0n) is 15.3. The minimum absolute atomic E-state index is 0.0782. The standard InChI is InChI=1S/C18H24N4O5/c1-2-3-4-17(23)19-13-7-9-20(10-8-13)12-21-15-11-14(22(25)26)5-6-16(15)27-18(21)24/h5-6,11,13H,2-4,7-10,12H2,1H3,(H,19,23). The number of benzene rings is 1. The van der Waals surface area contributed by atoms with E-state index in [-0.39, 0.29) is 17.6 Å². The molecule has 1 saturated heterocycles. The third-order valence-electron chi connectivity index (χ3n) is 4.91. The molecule has 3 rings (SSSR count). The van der Waals surface area contributed by atoms with E-state index in [1.165, 1.54) is 22.8 Å². The van der Waals surface area contributed by atoms with Gasteiger partial charge in [0.1, 0.15) is 0 Å². The van der Waals surface area contributed by atoms with Gasteiger partial charge in [-0.15, -0.1) is 0 Å². The van der Waals surface area contributed by atoms with Gasteiger partial charge in [-0.3, -0.25) is 24.4 Å². The first-order valence-electron chi connectivity index (χ1n) is 9.27. The number of fused-ring (bicyclic) bond motifs is 1. The zero-order valence-corrected chi connectivity index (χ0v) is 15.3. The van der Waals surface area contributed by atoms with Crippen molar-refractivity contribution in [3.63, 3.8) is 0 Å². The van der Waals surface area contributed by atoms with Gasteiger partial charge in [-0.05, 0) is 25.3 Å². The number of hydrogen-bond donors (Lipinski definition) is 1. The summed E-state index contributed by atoms with van der Waals surface area (Å²) in [5.41, 5.74) is 0.679. The minimum atomic E-state index is -0.527. The molecule has 1 aliphatic rings. The van der Waals surface area contributed by atoms with Crippen molar-refractivity contribution in [3.05, 3.63) is 38.9 Å². The lowest BCUT2D eigenvalue weighted by Gasteiger charge is -2.32. The molecule has 1 aliphatic heterocycles. The number of amides is 1. The van der Waals surface area contributed by atoms with Crippen molar-refractivity contribution in [3.8, 4) is 0 Å². The van der Waals surface area contributed by atoms with Crippen LogP contribution in [0.3, 0.4) is 0 Å². The third kappa shape index (κ3) is 4.54. The number of non-ortho nitro benzene ring substituents is 1. The van der Waals surface area contributed by atoms with Gasteiger partial charge >= 0.3 is 5.76 Å². The van der Waals surface area contributed by atoms with E-state index < -0.39 is 10.7 Å². The number of aromatic nitrogens is 1. The minimum Gasteiger partial charge on any atom is -0.408 e. The monoisotopic (exact) mass is 376 g/mol. The van der Waals surface area contributed by atoms with Crippen LogP contribution < -0.4 is 11.1 Å². The first-order valence-corrected chi connectivity index (χ1v) is 9.27. The summed E-state index contributed by atoms with van der Waals surface area (Å²) in [4.78, 5) is 36.6. The van der Waals surface area contributed by atoms with Crippen molar-refractivity contribution in [1.82, 2.24) is 14.8 Å². The van der Waals surface area contributed by atoms with Gasteiger partial charge in [0.25, 0.3) is 5.69 Å². The van der Waals surface area contributed by atoms with Crippen LogP contribution in [0.15, 0.2) is 27.4 Å². The number of nitrogens with zero attached hydrogens (tertiary/aromatic N) is 3. The lowest BCUT2D eigenvalue weighted by Crippen LogP contribution is -2.45. The Hall–Kier alpha value is -2.68. The van der Waals surface area contributed by atoms with Gasteiger partial charge in [-0.2, -0.15) is 0 Å². The molecule has 27 heavy (non-hydrogen) atoms. The fourth-order valence-corrected chi connectivity index (χ4v) is 3.35. The Bertz CT molecular complexity index is 879. The maximum Gasteiger partial charge on any atom is 0.421 e. The normalized spacial score (nSPS) is 15.9. The Morgan fingerprint density at radius 1 is 1.37 bits per heavy atom. The summed E-state index contributed by atoms with van der Waals surface area (Å²) in [6, 6.07) is 4.29. The van der Waals surface area contributed by atoms with Gasteiger partial charge in [-0.1, -0.05) is 13.3 Å². The van der Waals surface area contributed by atoms with E-state index in [9.17, 15) is 19.7 Å². The van der Waals surface area contributed by atoms with Crippen LogP contribution in [0.5, 0.6) is 0 Å². The van der Waals surface area contributed by atoms with Crippen molar-refractivity contribution < 1.29 is 14.1 Å². The molecular formula is C18H24N4O5. The SMILES string of the molecule is CCCCC(=O)NC1CCN(Cn2c(=O)oc3ccc([N+](=O)[O-])cc32)CC1. The summed E-state index contributed by atoms with van der Waals surface area (Å²) < 4.78 is 6.61. The number of carbonyl (C=O) groups excluding carboxylic acids is 1. The van der Waals surface area contributed by atoms with Gasteiger partial charge in [0.15, 0.2) is 5.58 Å². The van der Waals surface area contributed by atoms with Crippen molar-refractivity contribution >= 4 is 22.7 Å². The number of nitro groups is 1. The lowest BCUT2D eigenvalue weighted by atomic mass is 10.0. The second-order valence-corrected chi connectivity index (χ2v) is 6.91. The van der Waals surface area contributed by atoms with E-state index >= 15 is 0 Å². The molecule has 0 saturated carbocycles. The van der Waals surface area contributed by atoms with Gasteiger partial charge in [-0.25, -0.2) is 4.79 Å². The molecule has 2 heterocycles. The molecule has 1 aromatic carbocycles. The molecule has 0 unspecified atom stereocenters. The number of nitrogens with one attached hydrogen (secondary N) is 1. The number of oxazole rings is 1. The summed E-state index contributed by atoms with van der Waals surface area (Å²) in [5.74, 6) is -0.430. The summed E-state index contributed by atoms with van der Waals surface area (Å²) in [5, 5.41) is 14.1. The highest BCUT2D eigenvalue weighted by Gasteiger charge is 2.22. The van der Waals surface area contributed by atoms with Crippen LogP contribution in [0, 0.1) is 10.1 Å². The molecule has 0 atom stereocenters. The molecule has 1 aromatic heterocycles. The quantitative estimate of drug-likeness (QED) is 0.586. The number of likely N-dealkylation sites (tertiary alicyclic amines) is 1. The van der Waals surface area contributed by atoms with Gasteiger partial charge in [0.2, 0.25) is 5.91 Å². The Kier molecular flexibility index (Phi) is 5.90. The van der Waals surface area contributed by atoms with E-state index in [2.05, 4.69) is 17.1 Å². The maximum atomic E-state index is 12.1. The summed E-state index contributed by atoms with van der Waals surface area (Å²) in [7, 11) is 0. The van der Waals surface area contributed by atoms with Crippen molar-refractivity contribution in [2.75, 3.05) is 13.1 Å². The van der Waals surface area contributed by atoms with Crippen LogP contribution >= 0.6 is 0 Å². The molecule has 9 heteroatoms. The van der Waals surface area contributed by atoms with E-state index in [0.717, 1.165) is 38.8 Å². The molecule has 0 spiro atoms. The fourth-order valence-electron chi connectivity index (χ4n) is 3.35.